The third-order valence-electron chi connectivity index (χ3n) is 3.96. The Morgan fingerprint density at radius 1 is 0.625 bits per heavy atom. The molecule has 0 saturated carbocycles. The highest BCUT2D eigenvalue weighted by atomic mass is 79.9. The molecule has 5 nitrogen and oxygen atoms in total. The normalized spacial score (nSPS) is 11.8. The van der Waals surface area contributed by atoms with Crippen LogP contribution >= 0.6 is 31.9 Å². The topological polar surface area (TPSA) is 64.5 Å². The van der Waals surface area contributed by atoms with Gasteiger partial charge in [-0.15, -0.1) is 0 Å². The predicted octanol–water partition coefficient (Wildman–Crippen LogP) is 4.80. The van der Waals surface area contributed by atoms with Gasteiger partial charge in [0, 0.05) is 29.4 Å². The van der Waals surface area contributed by atoms with Crippen LogP contribution in [-0.4, -0.2) is 24.9 Å². The van der Waals surface area contributed by atoms with E-state index in [1.165, 1.54) is 0 Å². The molecule has 1 aromatic carbocycles. The van der Waals surface area contributed by atoms with Gasteiger partial charge >= 0.3 is 0 Å². The van der Waals surface area contributed by atoms with Crippen molar-refractivity contribution in [2.24, 2.45) is 0 Å². The van der Waals surface area contributed by atoms with Gasteiger partial charge in [-0.25, -0.2) is 15.0 Å². The third-order valence-corrected chi connectivity index (χ3v) is 5.12. The number of fused-ring (bicyclic) bond motifs is 7. The fourth-order valence-electron chi connectivity index (χ4n) is 2.93. The molecule has 0 saturated heterocycles. The second-order valence-electron chi connectivity index (χ2n) is 5.31. The van der Waals surface area contributed by atoms with E-state index in [0.29, 0.717) is 10.1 Å². The van der Waals surface area contributed by atoms with Crippen LogP contribution in [0, 0.1) is 0 Å². The van der Waals surface area contributed by atoms with Gasteiger partial charge in [0.2, 0.25) is 0 Å². The first kappa shape index (κ1) is 14.1. The summed E-state index contributed by atoms with van der Waals surface area (Å²) >= 11 is 6.98. The summed E-state index contributed by atoms with van der Waals surface area (Å²) in [6.07, 6.45) is 5.26. The summed E-state index contributed by atoms with van der Waals surface area (Å²) in [5.41, 5.74) is 4.74. The van der Waals surface area contributed by atoms with Crippen LogP contribution in [0.25, 0.3) is 43.9 Å². The van der Waals surface area contributed by atoms with Crippen LogP contribution in [0.3, 0.4) is 0 Å². The zero-order chi connectivity index (χ0) is 16.3. The van der Waals surface area contributed by atoms with E-state index in [9.17, 15) is 0 Å². The van der Waals surface area contributed by atoms with Crippen LogP contribution in [0.5, 0.6) is 0 Å². The number of pyridine rings is 3. The monoisotopic (exact) mass is 439 g/mol. The number of aromatic nitrogens is 5. The van der Waals surface area contributed by atoms with Gasteiger partial charge in [0.05, 0.1) is 26.5 Å². The van der Waals surface area contributed by atoms with E-state index in [2.05, 4.69) is 46.8 Å². The highest BCUT2D eigenvalue weighted by Crippen LogP contribution is 2.34. The molecule has 0 aliphatic rings. The Morgan fingerprint density at radius 2 is 1.21 bits per heavy atom. The first-order valence-electron chi connectivity index (χ1n) is 7.17. The van der Waals surface area contributed by atoms with Gasteiger partial charge in [0.1, 0.15) is 15.6 Å². The van der Waals surface area contributed by atoms with Crippen LogP contribution in [-0.2, 0) is 0 Å². The van der Waals surface area contributed by atoms with E-state index in [4.69, 9.17) is 9.97 Å². The summed E-state index contributed by atoms with van der Waals surface area (Å²) in [5, 5.41) is 1.87. The summed E-state index contributed by atoms with van der Waals surface area (Å²) < 4.78 is 1.47. The molecular weight excluding hydrogens is 434 g/mol. The van der Waals surface area contributed by atoms with Crippen molar-refractivity contribution in [3.8, 4) is 0 Å². The molecular formula is C17H7Br2N5. The second kappa shape index (κ2) is 5.12. The average Bonchev–Trinajstić information content (AvgIpc) is 2.64. The van der Waals surface area contributed by atoms with Crippen LogP contribution in [0.1, 0.15) is 0 Å². The molecule has 0 atom stereocenters. The van der Waals surface area contributed by atoms with Crippen molar-refractivity contribution in [2.75, 3.05) is 0 Å². The van der Waals surface area contributed by atoms with Crippen LogP contribution in [0.15, 0.2) is 51.9 Å². The number of benzene rings is 1. The van der Waals surface area contributed by atoms with Gasteiger partial charge in [0.15, 0.2) is 0 Å². The van der Waals surface area contributed by atoms with Crippen molar-refractivity contribution in [2.45, 2.75) is 0 Å². The maximum Gasteiger partial charge on any atom is 0.133 e. The van der Waals surface area contributed by atoms with Crippen LogP contribution < -0.4 is 0 Å². The minimum absolute atomic E-state index is 0.665. The van der Waals surface area contributed by atoms with E-state index in [1.54, 1.807) is 18.6 Å². The Balaban J connectivity index is 2.17. The highest BCUT2D eigenvalue weighted by molar-refractivity contribution is 9.11. The van der Waals surface area contributed by atoms with Gasteiger partial charge in [-0.1, -0.05) is 0 Å². The molecule has 4 heterocycles. The molecule has 0 spiro atoms. The largest absolute Gasteiger partial charge is 0.254 e. The van der Waals surface area contributed by atoms with Crippen molar-refractivity contribution >= 4 is 75.7 Å². The molecule has 7 heteroatoms. The van der Waals surface area contributed by atoms with Crippen molar-refractivity contribution in [1.82, 2.24) is 24.9 Å². The molecule has 4 aromatic heterocycles. The Hall–Kier alpha value is -2.25. The summed E-state index contributed by atoms with van der Waals surface area (Å²) in [7, 11) is 0. The molecule has 0 unspecified atom stereocenters. The first-order chi connectivity index (χ1) is 11.7. The minimum atomic E-state index is 0.665. The molecule has 0 bridgehead atoms. The molecule has 0 radical (unpaired) electrons. The van der Waals surface area contributed by atoms with Crippen molar-refractivity contribution in [3.63, 3.8) is 0 Å². The lowest BCUT2D eigenvalue weighted by Crippen LogP contribution is -1.95. The number of rotatable bonds is 0. The molecule has 114 valence electrons. The van der Waals surface area contributed by atoms with Gasteiger partial charge in [-0.05, 0) is 56.1 Å². The number of nitrogens with zero attached hydrogens (tertiary/aromatic N) is 5. The van der Waals surface area contributed by atoms with Gasteiger partial charge < -0.3 is 0 Å². The number of hydrogen-bond acceptors (Lipinski definition) is 5. The number of hydrogen-bond donors (Lipinski definition) is 0. The molecule has 24 heavy (non-hydrogen) atoms. The standard InChI is InChI=1S/C17H7Br2N5/c18-10-7-22-17(19)16-15(10)23-13-8-3-1-5-20-11(8)12-9(14(13)24-16)4-2-6-21-12/h1-7H. The molecule has 5 aromatic rings. The van der Waals surface area contributed by atoms with E-state index in [0.717, 1.165) is 42.8 Å². The molecule has 0 aliphatic heterocycles. The fourth-order valence-corrected chi connectivity index (χ4v) is 3.68. The second-order valence-corrected chi connectivity index (χ2v) is 6.92. The molecule has 0 aliphatic carbocycles. The SMILES string of the molecule is Brc1cnc(Br)c2nc3c4cccnc4c4ncccc4c3nc12. The Labute approximate surface area is 152 Å². The van der Waals surface area contributed by atoms with Crippen LogP contribution in [0.2, 0.25) is 0 Å². The Kier molecular flexibility index (Phi) is 3.01. The summed E-state index contributed by atoms with van der Waals surface area (Å²) in [5.74, 6) is 0. The van der Waals surface area contributed by atoms with Gasteiger partial charge in [-0.2, -0.15) is 0 Å². The average molecular weight is 441 g/mol. The minimum Gasteiger partial charge on any atom is -0.254 e. The quantitative estimate of drug-likeness (QED) is 0.196. The fraction of sp³-hybridized carbons (Fsp3) is 0. The van der Waals surface area contributed by atoms with E-state index in [-0.39, 0.29) is 0 Å². The van der Waals surface area contributed by atoms with E-state index in [1.807, 2.05) is 24.3 Å². The zero-order valence-electron chi connectivity index (χ0n) is 12.0. The Morgan fingerprint density at radius 3 is 1.83 bits per heavy atom. The zero-order valence-corrected chi connectivity index (χ0v) is 15.2. The lowest BCUT2D eigenvalue weighted by molar-refractivity contribution is 1.25. The van der Waals surface area contributed by atoms with Gasteiger partial charge in [-0.3, -0.25) is 9.97 Å². The van der Waals surface area contributed by atoms with Crippen molar-refractivity contribution < 1.29 is 0 Å². The smallest absolute Gasteiger partial charge is 0.133 e. The molecule has 0 N–H and O–H groups in total. The number of halogens is 2. The lowest BCUT2D eigenvalue weighted by Gasteiger charge is -2.09. The van der Waals surface area contributed by atoms with Crippen LogP contribution in [0.4, 0.5) is 0 Å². The van der Waals surface area contributed by atoms with Crippen molar-refractivity contribution in [1.29, 1.82) is 0 Å². The predicted molar refractivity (Wildman–Crippen MR) is 101 cm³/mol. The van der Waals surface area contributed by atoms with E-state index < -0.39 is 0 Å². The molecule has 5 rings (SSSR count). The Bertz CT molecular complexity index is 1190. The maximum atomic E-state index is 4.87. The summed E-state index contributed by atoms with van der Waals surface area (Å²) in [6.45, 7) is 0. The van der Waals surface area contributed by atoms with Crippen molar-refractivity contribution in [3.05, 3.63) is 51.9 Å². The third kappa shape index (κ3) is 1.88. The molecule has 0 fully saturated rings. The highest BCUT2D eigenvalue weighted by Gasteiger charge is 2.16. The van der Waals surface area contributed by atoms with Gasteiger partial charge in [0.25, 0.3) is 0 Å². The maximum absolute atomic E-state index is 4.87. The molecule has 0 amide bonds. The lowest BCUT2D eigenvalue weighted by atomic mass is 10.1. The van der Waals surface area contributed by atoms with E-state index >= 15 is 0 Å². The first-order valence-corrected chi connectivity index (χ1v) is 8.75. The summed E-state index contributed by atoms with van der Waals surface area (Å²) in [6, 6.07) is 7.80. The summed E-state index contributed by atoms with van der Waals surface area (Å²) in [4.78, 5) is 23.0.